The molecule has 0 saturated carbocycles. The van der Waals surface area contributed by atoms with Crippen molar-refractivity contribution in [1.82, 2.24) is 25.1 Å². The SMILES string of the molecule is O=C(Nc1nnc(-c2ccccn2)[nH]1)C1CCCN(C(=O)c2ccoc2)C1. The third-order valence-corrected chi connectivity index (χ3v) is 4.48. The van der Waals surface area contributed by atoms with Crippen molar-refractivity contribution in [3.63, 3.8) is 0 Å². The number of H-pyrrole nitrogens is 1. The summed E-state index contributed by atoms with van der Waals surface area (Å²) < 4.78 is 4.97. The Bertz CT molecular complexity index is 922. The third kappa shape index (κ3) is 3.71. The van der Waals surface area contributed by atoms with E-state index < -0.39 is 0 Å². The van der Waals surface area contributed by atoms with Gasteiger partial charge in [0.15, 0.2) is 5.82 Å². The first-order valence-electron chi connectivity index (χ1n) is 8.67. The van der Waals surface area contributed by atoms with Gasteiger partial charge in [-0.15, -0.1) is 10.2 Å². The van der Waals surface area contributed by atoms with Gasteiger partial charge in [-0.3, -0.25) is 19.9 Å². The molecule has 9 heteroatoms. The number of likely N-dealkylation sites (tertiary alicyclic amines) is 1. The quantitative estimate of drug-likeness (QED) is 0.729. The van der Waals surface area contributed by atoms with Gasteiger partial charge in [0.2, 0.25) is 11.9 Å². The molecule has 4 heterocycles. The smallest absolute Gasteiger partial charge is 0.257 e. The number of aromatic amines is 1. The lowest BCUT2D eigenvalue weighted by Crippen LogP contribution is -2.43. The Morgan fingerprint density at radius 3 is 2.96 bits per heavy atom. The van der Waals surface area contributed by atoms with Crippen molar-refractivity contribution < 1.29 is 14.0 Å². The van der Waals surface area contributed by atoms with Crippen LogP contribution < -0.4 is 5.32 Å². The number of nitrogens with zero attached hydrogens (tertiary/aromatic N) is 4. The van der Waals surface area contributed by atoms with Crippen LogP contribution in [0.1, 0.15) is 23.2 Å². The fourth-order valence-corrected chi connectivity index (χ4v) is 3.10. The van der Waals surface area contributed by atoms with Gasteiger partial charge in [-0.2, -0.15) is 0 Å². The predicted octanol–water partition coefficient (Wildman–Crippen LogP) is 1.95. The van der Waals surface area contributed by atoms with Crippen LogP contribution in [0.2, 0.25) is 0 Å². The predicted molar refractivity (Wildman–Crippen MR) is 95.6 cm³/mol. The maximum Gasteiger partial charge on any atom is 0.257 e. The lowest BCUT2D eigenvalue weighted by molar-refractivity contribution is -0.121. The molecular formula is C18H18N6O3. The summed E-state index contributed by atoms with van der Waals surface area (Å²) in [6, 6.07) is 7.07. The maximum absolute atomic E-state index is 12.6. The van der Waals surface area contributed by atoms with Crippen LogP contribution in [0.25, 0.3) is 11.5 Å². The second-order valence-corrected chi connectivity index (χ2v) is 6.33. The number of amides is 2. The Labute approximate surface area is 154 Å². The molecule has 1 fully saturated rings. The number of pyridine rings is 1. The minimum absolute atomic E-state index is 0.127. The van der Waals surface area contributed by atoms with Crippen LogP contribution in [-0.4, -0.2) is 50.0 Å². The Morgan fingerprint density at radius 1 is 1.26 bits per heavy atom. The summed E-state index contributed by atoms with van der Waals surface area (Å²) in [6.45, 7) is 0.983. The zero-order chi connectivity index (χ0) is 18.6. The summed E-state index contributed by atoms with van der Waals surface area (Å²) in [5.41, 5.74) is 1.13. The molecule has 0 aromatic carbocycles. The van der Waals surface area contributed by atoms with Gasteiger partial charge in [0.05, 0.1) is 17.7 Å². The second kappa shape index (κ2) is 7.40. The van der Waals surface area contributed by atoms with E-state index in [-0.39, 0.29) is 23.7 Å². The largest absolute Gasteiger partial charge is 0.472 e. The molecule has 138 valence electrons. The molecule has 0 bridgehead atoms. The number of aromatic nitrogens is 4. The lowest BCUT2D eigenvalue weighted by Gasteiger charge is -2.31. The van der Waals surface area contributed by atoms with E-state index in [1.807, 2.05) is 12.1 Å². The molecule has 0 radical (unpaired) electrons. The van der Waals surface area contributed by atoms with Gasteiger partial charge in [-0.05, 0) is 31.0 Å². The number of rotatable bonds is 4. The highest BCUT2D eigenvalue weighted by Crippen LogP contribution is 2.20. The van der Waals surface area contributed by atoms with Crippen LogP contribution in [0.3, 0.4) is 0 Å². The highest BCUT2D eigenvalue weighted by Gasteiger charge is 2.29. The van der Waals surface area contributed by atoms with Crippen molar-refractivity contribution >= 4 is 17.8 Å². The Hall–Kier alpha value is -3.49. The van der Waals surface area contributed by atoms with Gasteiger partial charge in [-0.25, -0.2) is 0 Å². The van der Waals surface area contributed by atoms with Crippen molar-refractivity contribution in [2.75, 3.05) is 18.4 Å². The summed E-state index contributed by atoms with van der Waals surface area (Å²) in [5, 5.41) is 10.7. The van der Waals surface area contributed by atoms with E-state index in [0.29, 0.717) is 36.6 Å². The number of carbonyl (C=O) groups is 2. The van der Waals surface area contributed by atoms with Crippen molar-refractivity contribution in [1.29, 1.82) is 0 Å². The number of furan rings is 1. The minimum Gasteiger partial charge on any atom is -0.472 e. The molecule has 0 aliphatic carbocycles. The Kier molecular flexibility index (Phi) is 4.65. The lowest BCUT2D eigenvalue weighted by atomic mass is 9.96. The molecule has 0 spiro atoms. The van der Waals surface area contributed by atoms with E-state index in [9.17, 15) is 9.59 Å². The van der Waals surface area contributed by atoms with E-state index in [1.54, 1.807) is 23.2 Å². The highest BCUT2D eigenvalue weighted by atomic mass is 16.3. The van der Waals surface area contributed by atoms with Gasteiger partial charge in [0, 0.05) is 19.3 Å². The van der Waals surface area contributed by atoms with E-state index in [0.717, 1.165) is 6.42 Å². The van der Waals surface area contributed by atoms with E-state index in [2.05, 4.69) is 25.5 Å². The molecule has 1 aliphatic rings. The van der Waals surface area contributed by atoms with Crippen LogP contribution in [0.4, 0.5) is 5.95 Å². The first-order chi connectivity index (χ1) is 13.2. The fraction of sp³-hybridized carbons (Fsp3) is 0.278. The molecule has 2 amide bonds. The zero-order valence-electron chi connectivity index (χ0n) is 14.5. The molecule has 1 saturated heterocycles. The van der Waals surface area contributed by atoms with Gasteiger partial charge in [-0.1, -0.05) is 6.07 Å². The first-order valence-corrected chi connectivity index (χ1v) is 8.67. The van der Waals surface area contributed by atoms with Crippen LogP contribution in [0, 0.1) is 5.92 Å². The fourth-order valence-electron chi connectivity index (χ4n) is 3.10. The number of hydrogen-bond donors (Lipinski definition) is 2. The summed E-state index contributed by atoms with van der Waals surface area (Å²) in [6.07, 6.45) is 6.01. The van der Waals surface area contributed by atoms with Crippen LogP contribution in [-0.2, 0) is 4.79 Å². The average molecular weight is 366 g/mol. The maximum atomic E-state index is 12.6. The van der Waals surface area contributed by atoms with Crippen molar-refractivity contribution in [2.45, 2.75) is 12.8 Å². The van der Waals surface area contributed by atoms with Gasteiger partial charge in [0.1, 0.15) is 12.0 Å². The number of nitrogens with one attached hydrogen (secondary N) is 2. The van der Waals surface area contributed by atoms with Crippen LogP contribution >= 0.6 is 0 Å². The summed E-state index contributed by atoms with van der Waals surface area (Å²) in [7, 11) is 0. The number of hydrogen-bond acceptors (Lipinski definition) is 6. The first kappa shape index (κ1) is 17.0. The van der Waals surface area contributed by atoms with Gasteiger partial charge in [0.25, 0.3) is 5.91 Å². The third-order valence-electron chi connectivity index (χ3n) is 4.48. The van der Waals surface area contributed by atoms with Crippen molar-refractivity contribution in [3.8, 4) is 11.5 Å². The monoisotopic (exact) mass is 366 g/mol. The standard InChI is InChI=1S/C18H18N6O3/c25-16(21-18-20-15(22-23-18)14-5-1-2-7-19-14)12-4-3-8-24(10-12)17(26)13-6-9-27-11-13/h1-2,5-7,9,11-12H,3-4,8,10H2,(H2,20,21,22,23,25). The van der Waals surface area contributed by atoms with E-state index >= 15 is 0 Å². The topological polar surface area (TPSA) is 117 Å². The van der Waals surface area contributed by atoms with Crippen molar-refractivity contribution in [3.05, 3.63) is 48.6 Å². The average Bonchev–Trinajstić information content (AvgIpc) is 3.40. The van der Waals surface area contributed by atoms with E-state index in [4.69, 9.17) is 4.42 Å². The highest BCUT2D eigenvalue weighted by molar-refractivity contribution is 5.95. The molecule has 9 nitrogen and oxygen atoms in total. The normalized spacial score (nSPS) is 16.9. The Balaban J connectivity index is 1.39. The number of piperidine rings is 1. The molecule has 1 aliphatic heterocycles. The minimum atomic E-state index is -0.307. The van der Waals surface area contributed by atoms with Crippen LogP contribution in [0.15, 0.2) is 47.4 Å². The molecule has 3 aromatic heterocycles. The summed E-state index contributed by atoms with van der Waals surface area (Å²) in [4.78, 5) is 33.9. The Morgan fingerprint density at radius 2 is 2.19 bits per heavy atom. The summed E-state index contributed by atoms with van der Waals surface area (Å²) in [5.74, 6) is 0.116. The molecule has 2 N–H and O–H groups in total. The molecule has 4 rings (SSSR count). The molecule has 3 aromatic rings. The number of anilines is 1. The van der Waals surface area contributed by atoms with Gasteiger partial charge >= 0.3 is 0 Å². The van der Waals surface area contributed by atoms with Gasteiger partial charge < -0.3 is 14.3 Å². The zero-order valence-corrected chi connectivity index (χ0v) is 14.5. The van der Waals surface area contributed by atoms with Crippen molar-refractivity contribution in [2.24, 2.45) is 5.92 Å². The molecule has 27 heavy (non-hydrogen) atoms. The molecule has 1 atom stereocenters. The summed E-state index contributed by atoms with van der Waals surface area (Å²) >= 11 is 0. The second-order valence-electron chi connectivity index (χ2n) is 6.33. The molecule has 1 unspecified atom stereocenters. The molecular weight excluding hydrogens is 348 g/mol. The van der Waals surface area contributed by atoms with E-state index in [1.165, 1.54) is 12.5 Å². The number of carbonyl (C=O) groups excluding carboxylic acids is 2. The van der Waals surface area contributed by atoms with Crippen LogP contribution in [0.5, 0.6) is 0 Å².